The van der Waals surface area contributed by atoms with E-state index in [0.29, 0.717) is 5.02 Å². The van der Waals surface area contributed by atoms with Crippen LogP contribution in [-0.4, -0.2) is 6.09 Å². The minimum Gasteiger partial charge on any atom is -0.441 e. The number of halogens is 1. The summed E-state index contributed by atoms with van der Waals surface area (Å²) < 4.78 is 5.38. The van der Waals surface area contributed by atoms with E-state index in [1.807, 2.05) is 24.3 Å². The van der Waals surface area contributed by atoms with Gasteiger partial charge in [0.25, 0.3) is 0 Å². The van der Waals surface area contributed by atoms with Gasteiger partial charge in [-0.25, -0.2) is 4.79 Å². The summed E-state index contributed by atoms with van der Waals surface area (Å²) in [6.45, 7) is 4.17. The van der Waals surface area contributed by atoms with Gasteiger partial charge in [0.05, 0.1) is 0 Å². The van der Waals surface area contributed by atoms with Crippen LogP contribution >= 0.6 is 11.6 Å². The SMILES string of the molecule is CC1(C)Cc2ccc(-c3cccc(Cl)c3)cc2C1OC(N)=O. The molecule has 1 aliphatic carbocycles. The second-order valence-corrected chi connectivity index (χ2v) is 6.84. The first-order chi connectivity index (χ1) is 10.4. The van der Waals surface area contributed by atoms with E-state index in [1.54, 1.807) is 0 Å². The van der Waals surface area contributed by atoms with Crippen LogP contribution < -0.4 is 5.73 Å². The van der Waals surface area contributed by atoms with Gasteiger partial charge in [0.2, 0.25) is 0 Å². The topological polar surface area (TPSA) is 52.3 Å². The Kier molecular flexibility index (Phi) is 3.61. The Morgan fingerprint density at radius 1 is 1.23 bits per heavy atom. The quantitative estimate of drug-likeness (QED) is 0.871. The molecule has 0 spiro atoms. The molecule has 2 aromatic rings. The van der Waals surface area contributed by atoms with E-state index in [1.165, 1.54) is 5.56 Å². The summed E-state index contributed by atoms with van der Waals surface area (Å²) in [7, 11) is 0. The van der Waals surface area contributed by atoms with E-state index >= 15 is 0 Å². The van der Waals surface area contributed by atoms with E-state index in [9.17, 15) is 4.79 Å². The number of benzene rings is 2. The molecule has 114 valence electrons. The zero-order valence-electron chi connectivity index (χ0n) is 12.6. The van der Waals surface area contributed by atoms with Gasteiger partial charge in [-0.05, 0) is 46.9 Å². The average Bonchev–Trinajstić information content (AvgIpc) is 2.68. The summed E-state index contributed by atoms with van der Waals surface area (Å²) in [6, 6.07) is 14.0. The maximum absolute atomic E-state index is 11.2. The van der Waals surface area contributed by atoms with Gasteiger partial charge in [0, 0.05) is 10.4 Å². The number of nitrogens with two attached hydrogens (primary N) is 1. The van der Waals surface area contributed by atoms with Gasteiger partial charge in [-0.15, -0.1) is 0 Å². The summed E-state index contributed by atoms with van der Waals surface area (Å²) in [5.74, 6) is 0. The van der Waals surface area contributed by atoms with E-state index in [0.717, 1.165) is 23.1 Å². The summed E-state index contributed by atoms with van der Waals surface area (Å²) >= 11 is 6.07. The fourth-order valence-corrected chi connectivity index (χ4v) is 3.38. The number of amides is 1. The molecule has 0 heterocycles. The Morgan fingerprint density at radius 2 is 1.95 bits per heavy atom. The van der Waals surface area contributed by atoms with Gasteiger partial charge in [0.15, 0.2) is 0 Å². The van der Waals surface area contributed by atoms with Crippen LogP contribution in [0.4, 0.5) is 4.79 Å². The summed E-state index contributed by atoms with van der Waals surface area (Å²) in [5.41, 5.74) is 9.40. The van der Waals surface area contributed by atoms with Crippen LogP contribution in [0.5, 0.6) is 0 Å². The van der Waals surface area contributed by atoms with Crippen molar-refractivity contribution in [3.8, 4) is 11.1 Å². The largest absolute Gasteiger partial charge is 0.441 e. The maximum atomic E-state index is 11.2. The van der Waals surface area contributed by atoms with Crippen molar-refractivity contribution in [3.05, 3.63) is 58.6 Å². The maximum Gasteiger partial charge on any atom is 0.405 e. The van der Waals surface area contributed by atoms with Crippen molar-refractivity contribution in [1.82, 2.24) is 0 Å². The van der Waals surface area contributed by atoms with Crippen LogP contribution in [0.1, 0.15) is 31.1 Å². The number of carbonyl (C=O) groups is 1. The van der Waals surface area contributed by atoms with Crippen molar-refractivity contribution < 1.29 is 9.53 Å². The Balaban J connectivity index is 2.05. The molecular formula is C18H18ClNO2. The molecule has 2 N–H and O–H groups in total. The molecule has 2 aromatic carbocycles. The molecule has 0 saturated carbocycles. The lowest BCUT2D eigenvalue weighted by Crippen LogP contribution is -2.25. The number of carbonyl (C=O) groups excluding carboxylic acids is 1. The molecule has 1 amide bonds. The van der Waals surface area contributed by atoms with Crippen LogP contribution in [0.25, 0.3) is 11.1 Å². The lowest BCUT2D eigenvalue weighted by atomic mass is 9.87. The van der Waals surface area contributed by atoms with Crippen molar-refractivity contribution in [2.75, 3.05) is 0 Å². The molecule has 1 aliphatic rings. The monoisotopic (exact) mass is 315 g/mol. The first kappa shape index (κ1) is 14.9. The highest BCUT2D eigenvalue weighted by Gasteiger charge is 2.41. The average molecular weight is 316 g/mol. The first-order valence-electron chi connectivity index (χ1n) is 7.22. The molecule has 3 nitrogen and oxygen atoms in total. The lowest BCUT2D eigenvalue weighted by molar-refractivity contribution is 0.0392. The highest BCUT2D eigenvalue weighted by Crippen LogP contribution is 2.48. The van der Waals surface area contributed by atoms with Gasteiger partial charge in [-0.3, -0.25) is 0 Å². The molecule has 0 radical (unpaired) electrons. The molecule has 0 aliphatic heterocycles. The number of rotatable bonds is 2. The third-order valence-corrected chi connectivity index (χ3v) is 4.41. The van der Waals surface area contributed by atoms with Crippen LogP contribution in [0.2, 0.25) is 5.02 Å². The van der Waals surface area contributed by atoms with Gasteiger partial charge in [-0.1, -0.05) is 49.7 Å². The molecule has 0 saturated heterocycles. The van der Waals surface area contributed by atoms with Crippen molar-refractivity contribution >= 4 is 17.7 Å². The Hall–Kier alpha value is -2.00. The molecular weight excluding hydrogens is 298 g/mol. The van der Waals surface area contributed by atoms with Gasteiger partial charge >= 0.3 is 6.09 Å². The van der Waals surface area contributed by atoms with Gasteiger partial charge < -0.3 is 10.5 Å². The molecule has 0 fully saturated rings. The summed E-state index contributed by atoms with van der Waals surface area (Å²) in [5, 5.41) is 0.697. The smallest absolute Gasteiger partial charge is 0.405 e. The van der Waals surface area contributed by atoms with E-state index in [-0.39, 0.29) is 11.5 Å². The zero-order valence-corrected chi connectivity index (χ0v) is 13.4. The predicted molar refractivity (Wildman–Crippen MR) is 87.8 cm³/mol. The van der Waals surface area contributed by atoms with Crippen molar-refractivity contribution in [1.29, 1.82) is 0 Å². The van der Waals surface area contributed by atoms with E-state index in [2.05, 4.69) is 32.0 Å². The second-order valence-electron chi connectivity index (χ2n) is 6.41. The van der Waals surface area contributed by atoms with E-state index < -0.39 is 6.09 Å². The molecule has 0 bridgehead atoms. The predicted octanol–water partition coefficient (Wildman–Crippen LogP) is 4.73. The Bertz CT molecular complexity index is 740. The highest BCUT2D eigenvalue weighted by molar-refractivity contribution is 6.30. The molecule has 22 heavy (non-hydrogen) atoms. The van der Waals surface area contributed by atoms with E-state index in [4.69, 9.17) is 22.1 Å². The number of ether oxygens (including phenoxy) is 1. The van der Waals surface area contributed by atoms with Crippen molar-refractivity contribution in [3.63, 3.8) is 0 Å². The molecule has 1 atom stereocenters. The standard InChI is InChI=1S/C18H18ClNO2/c1-18(2)10-13-7-6-12(11-4-3-5-14(19)8-11)9-15(13)16(18)22-17(20)21/h3-9,16H,10H2,1-2H3,(H2,20,21). The summed E-state index contributed by atoms with van der Waals surface area (Å²) in [4.78, 5) is 11.2. The first-order valence-corrected chi connectivity index (χ1v) is 7.59. The number of primary amides is 1. The summed E-state index contributed by atoms with van der Waals surface area (Å²) in [6.07, 6.45) is -0.200. The third-order valence-electron chi connectivity index (χ3n) is 4.18. The number of fused-ring (bicyclic) bond motifs is 1. The molecule has 3 rings (SSSR count). The minimum atomic E-state index is -0.737. The van der Waals surface area contributed by atoms with Crippen LogP contribution in [0.15, 0.2) is 42.5 Å². The number of hydrogen-bond donors (Lipinski definition) is 1. The Morgan fingerprint density at radius 3 is 2.64 bits per heavy atom. The Labute approximate surface area is 135 Å². The van der Waals surface area contributed by atoms with Gasteiger partial charge in [-0.2, -0.15) is 0 Å². The fourth-order valence-electron chi connectivity index (χ4n) is 3.19. The zero-order chi connectivity index (χ0) is 15.9. The minimum absolute atomic E-state index is 0.162. The fraction of sp³-hybridized carbons (Fsp3) is 0.278. The third kappa shape index (κ3) is 2.69. The second kappa shape index (κ2) is 5.33. The molecule has 1 unspecified atom stereocenters. The van der Waals surface area contributed by atoms with Crippen molar-refractivity contribution in [2.45, 2.75) is 26.4 Å². The van der Waals surface area contributed by atoms with Crippen LogP contribution in [0.3, 0.4) is 0 Å². The van der Waals surface area contributed by atoms with Crippen LogP contribution in [0, 0.1) is 5.41 Å². The molecule has 4 heteroatoms. The molecule has 0 aromatic heterocycles. The van der Waals surface area contributed by atoms with Gasteiger partial charge in [0.1, 0.15) is 6.10 Å². The normalized spacial score (nSPS) is 18.8. The van der Waals surface area contributed by atoms with Crippen LogP contribution in [-0.2, 0) is 11.2 Å². The number of hydrogen-bond acceptors (Lipinski definition) is 2. The highest BCUT2D eigenvalue weighted by atomic mass is 35.5. The lowest BCUT2D eigenvalue weighted by Gasteiger charge is -2.26. The van der Waals surface area contributed by atoms with Crippen molar-refractivity contribution in [2.24, 2.45) is 11.1 Å².